The molecule has 5 rings (SSSR count). The number of aromatic amines is 1. The van der Waals surface area contributed by atoms with Gasteiger partial charge in [-0.15, -0.1) is 10.2 Å². The molecule has 0 spiro atoms. The second-order valence-corrected chi connectivity index (χ2v) is 11.0. The van der Waals surface area contributed by atoms with Crippen molar-refractivity contribution in [1.29, 1.82) is 0 Å². The minimum absolute atomic E-state index is 0.244. The summed E-state index contributed by atoms with van der Waals surface area (Å²) in [7, 11) is 0. The van der Waals surface area contributed by atoms with Crippen LogP contribution in [-0.2, 0) is 24.2 Å². The summed E-state index contributed by atoms with van der Waals surface area (Å²) in [5.74, 6) is 0.720. The molecule has 3 aromatic carbocycles. The van der Waals surface area contributed by atoms with E-state index >= 15 is 0 Å². The number of amides is 1. The molecule has 0 aliphatic heterocycles. The number of nitrogens with zero attached hydrogens (tertiary/aromatic N) is 3. The van der Waals surface area contributed by atoms with Crippen LogP contribution in [0.4, 0.5) is 0 Å². The molecule has 0 bridgehead atoms. The molecule has 0 saturated heterocycles. The van der Waals surface area contributed by atoms with E-state index in [1.165, 1.54) is 0 Å². The van der Waals surface area contributed by atoms with Crippen molar-refractivity contribution in [1.82, 2.24) is 19.7 Å². The van der Waals surface area contributed by atoms with Gasteiger partial charge in [0.05, 0.1) is 22.1 Å². The zero-order valence-corrected chi connectivity index (χ0v) is 23.1. The highest BCUT2D eigenvalue weighted by molar-refractivity contribution is 6.42. The van der Waals surface area contributed by atoms with Crippen molar-refractivity contribution in [3.05, 3.63) is 117 Å². The summed E-state index contributed by atoms with van der Waals surface area (Å²) in [4.78, 5) is 15.7. The van der Waals surface area contributed by atoms with Crippen LogP contribution in [0.5, 0.6) is 0 Å². The summed E-state index contributed by atoms with van der Waals surface area (Å²) in [5, 5.41) is 11.4. The van der Waals surface area contributed by atoms with E-state index in [1.807, 2.05) is 54.7 Å². The van der Waals surface area contributed by atoms with Crippen molar-refractivity contribution in [2.24, 2.45) is 11.5 Å². The molecule has 1 amide bonds. The summed E-state index contributed by atoms with van der Waals surface area (Å²) >= 11 is 12.5. The first-order chi connectivity index (χ1) is 18.7. The molecule has 5 N–H and O–H groups in total. The first kappa shape index (κ1) is 26.9. The summed E-state index contributed by atoms with van der Waals surface area (Å²) < 4.78 is 2.10. The number of hydrogen-bond acceptors (Lipinski definition) is 4. The number of carbonyl (C=O) groups is 1. The lowest BCUT2D eigenvalue weighted by atomic mass is 9.84. The lowest BCUT2D eigenvalue weighted by molar-refractivity contribution is -0.122. The Labute approximate surface area is 237 Å². The van der Waals surface area contributed by atoms with Gasteiger partial charge in [0.2, 0.25) is 5.91 Å². The quantitative estimate of drug-likeness (QED) is 0.205. The van der Waals surface area contributed by atoms with Crippen LogP contribution in [0.2, 0.25) is 10.0 Å². The smallest absolute Gasteiger partial charge is 0.237 e. The molecule has 0 fully saturated rings. The fourth-order valence-corrected chi connectivity index (χ4v) is 5.31. The van der Waals surface area contributed by atoms with Crippen LogP contribution in [0.3, 0.4) is 0 Å². The van der Waals surface area contributed by atoms with Crippen LogP contribution in [0.15, 0.2) is 79.0 Å². The van der Waals surface area contributed by atoms with E-state index in [4.69, 9.17) is 34.7 Å². The third kappa shape index (κ3) is 6.01. The number of carbonyl (C=O) groups excluding carboxylic acids is 1. The standard InChI is InChI=1S/C30H30Cl2N6O/c1-30(34,29(33)39)16-21(15-22-17-35-26-10-6-5-9-23(22)26)28-37-36-27(14-19-7-3-2-4-8-19)38(28)18-20-11-12-24(31)25(32)13-20/h2-13,17,21,35H,14-16,18,34H2,1H3,(H2,33,39)/t21?,30-/m1/s1. The van der Waals surface area contributed by atoms with Crippen molar-refractivity contribution < 1.29 is 4.79 Å². The zero-order valence-electron chi connectivity index (χ0n) is 21.6. The van der Waals surface area contributed by atoms with Gasteiger partial charge in [-0.1, -0.05) is 77.8 Å². The average molecular weight is 562 g/mol. The molecule has 0 radical (unpaired) electrons. The topological polar surface area (TPSA) is 116 Å². The first-order valence-corrected chi connectivity index (χ1v) is 13.5. The molecule has 200 valence electrons. The lowest BCUT2D eigenvalue weighted by Crippen LogP contribution is -2.50. The van der Waals surface area contributed by atoms with Crippen molar-refractivity contribution in [2.75, 3.05) is 0 Å². The third-order valence-corrected chi connectivity index (χ3v) is 7.86. The Morgan fingerprint density at radius 3 is 2.49 bits per heavy atom. The number of para-hydroxylation sites is 1. The molecule has 2 atom stereocenters. The van der Waals surface area contributed by atoms with Gasteiger partial charge < -0.3 is 21.0 Å². The fraction of sp³-hybridized carbons (Fsp3) is 0.233. The SMILES string of the molecule is C[C@@](N)(CC(Cc1c[nH]c2ccccc12)c1nnc(Cc2ccccc2)n1Cc1ccc(Cl)c(Cl)c1)C(N)=O. The van der Waals surface area contributed by atoms with Crippen molar-refractivity contribution >= 4 is 40.0 Å². The highest BCUT2D eigenvalue weighted by atomic mass is 35.5. The van der Waals surface area contributed by atoms with Crippen LogP contribution in [0.25, 0.3) is 10.9 Å². The van der Waals surface area contributed by atoms with Crippen LogP contribution in [-0.4, -0.2) is 31.2 Å². The van der Waals surface area contributed by atoms with E-state index in [0.29, 0.717) is 35.9 Å². The number of primary amides is 1. The zero-order chi connectivity index (χ0) is 27.6. The Hall–Kier alpha value is -3.65. The summed E-state index contributed by atoms with van der Waals surface area (Å²) in [6, 6.07) is 23.8. The number of hydrogen-bond donors (Lipinski definition) is 3. The predicted octanol–water partition coefficient (Wildman–Crippen LogP) is 5.62. The van der Waals surface area contributed by atoms with Gasteiger partial charge in [-0.2, -0.15) is 0 Å². The monoisotopic (exact) mass is 560 g/mol. The second-order valence-electron chi connectivity index (χ2n) is 10.2. The Morgan fingerprint density at radius 1 is 1.00 bits per heavy atom. The van der Waals surface area contributed by atoms with Crippen molar-refractivity contribution in [3.63, 3.8) is 0 Å². The second kappa shape index (κ2) is 11.2. The maximum atomic E-state index is 12.3. The number of nitrogens with one attached hydrogen (secondary N) is 1. The Morgan fingerprint density at radius 2 is 1.74 bits per heavy atom. The molecular weight excluding hydrogens is 531 g/mol. The largest absolute Gasteiger partial charge is 0.368 e. The van der Waals surface area contributed by atoms with Crippen LogP contribution >= 0.6 is 23.2 Å². The van der Waals surface area contributed by atoms with Gasteiger partial charge in [-0.25, -0.2) is 0 Å². The van der Waals surface area contributed by atoms with E-state index in [0.717, 1.165) is 39.2 Å². The molecule has 5 aromatic rings. The Kier molecular flexibility index (Phi) is 7.75. The molecule has 7 nitrogen and oxygen atoms in total. The first-order valence-electron chi connectivity index (χ1n) is 12.7. The molecule has 0 aliphatic rings. The molecular formula is C30H30Cl2N6O. The van der Waals surface area contributed by atoms with E-state index < -0.39 is 11.4 Å². The van der Waals surface area contributed by atoms with Gasteiger partial charge in [0.15, 0.2) is 0 Å². The maximum absolute atomic E-state index is 12.3. The number of fused-ring (bicyclic) bond motifs is 1. The molecule has 0 saturated carbocycles. The normalized spacial score (nSPS) is 13.8. The number of nitrogens with two attached hydrogens (primary N) is 2. The molecule has 1 unspecified atom stereocenters. The predicted molar refractivity (Wildman–Crippen MR) is 156 cm³/mol. The minimum Gasteiger partial charge on any atom is -0.368 e. The number of halogens is 2. The highest BCUT2D eigenvalue weighted by Crippen LogP contribution is 2.32. The van der Waals surface area contributed by atoms with E-state index in [-0.39, 0.29) is 5.92 Å². The van der Waals surface area contributed by atoms with Gasteiger partial charge in [0.25, 0.3) is 0 Å². The van der Waals surface area contributed by atoms with E-state index in [2.05, 4.69) is 37.9 Å². The average Bonchev–Trinajstić information content (AvgIpc) is 3.50. The minimum atomic E-state index is -1.24. The molecule has 2 aromatic heterocycles. The van der Waals surface area contributed by atoms with Gasteiger partial charge in [0.1, 0.15) is 11.6 Å². The third-order valence-electron chi connectivity index (χ3n) is 7.13. The van der Waals surface area contributed by atoms with Gasteiger partial charge in [0, 0.05) is 29.4 Å². The molecule has 39 heavy (non-hydrogen) atoms. The number of benzene rings is 3. The summed E-state index contributed by atoms with van der Waals surface area (Å²) in [6.45, 7) is 2.14. The molecule has 0 aliphatic carbocycles. The van der Waals surface area contributed by atoms with Gasteiger partial charge >= 0.3 is 0 Å². The van der Waals surface area contributed by atoms with Gasteiger partial charge in [-0.3, -0.25) is 4.79 Å². The van der Waals surface area contributed by atoms with Crippen molar-refractivity contribution in [2.45, 2.75) is 44.2 Å². The number of rotatable bonds is 10. The molecule has 2 heterocycles. The van der Waals surface area contributed by atoms with E-state index in [1.54, 1.807) is 13.0 Å². The number of H-pyrrole nitrogens is 1. The van der Waals surface area contributed by atoms with Crippen LogP contribution in [0.1, 0.15) is 47.6 Å². The lowest BCUT2D eigenvalue weighted by Gasteiger charge is -2.27. The maximum Gasteiger partial charge on any atom is 0.237 e. The fourth-order valence-electron chi connectivity index (χ4n) is 4.99. The summed E-state index contributed by atoms with van der Waals surface area (Å²) in [5.41, 5.74) is 15.1. The molecule has 9 heteroatoms. The van der Waals surface area contributed by atoms with Crippen LogP contribution in [0, 0.1) is 0 Å². The Balaban J connectivity index is 1.60. The highest BCUT2D eigenvalue weighted by Gasteiger charge is 2.34. The van der Waals surface area contributed by atoms with Gasteiger partial charge in [-0.05, 0) is 54.7 Å². The van der Waals surface area contributed by atoms with Crippen molar-refractivity contribution in [3.8, 4) is 0 Å². The summed E-state index contributed by atoms with van der Waals surface area (Å²) in [6.07, 6.45) is 3.48. The van der Waals surface area contributed by atoms with Crippen LogP contribution < -0.4 is 11.5 Å². The Bertz CT molecular complexity index is 1610. The number of aromatic nitrogens is 4. The van der Waals surface area contributed by atoms with E-state index in [9.17, 15) is 4.79 Å².